The van der Waals surface area contributed by atoms with E-state index >= 15 is 0 Å². The van der Waals surface area contributed by atoms with E-state index in [0.717, 1.165) is 63.0 Å². The van der Waals surface area contributed by atoms with Gasteiger partial charge >= 0.3 is 0 Å². The first-order valence-electron chi connectivity index (χ1n) is 9.83. The lowest BCUT2D eigenvalue weighted by Gasteiger charge is -2.26. The van der Waals surface area contributed by atoms with Gasteiger partial charge in [-0.05, 0) is 50.0 Å². The van der Waals surface area contributed by atoms with Crippen LogP contribution in [0.3, 0.4) is 0 Å². The summed E-state index contributed by atoms with van der Waals surface area (Å²) in [5.41, 5.74) is 1.28. The van der Waals surface area contributed by atoms with Crippen LogP contribution in [0.15, 0.2) is 29.3 Å². The van der Waals surface area contributed by atoms with Gasteiger partial charge in [-0.3, -0.25) is 15.1 Å². The van der Waals surface area contributed by atoms with E-state index < -0.39 is 0 Å². The van der Waals surface area contributed by atoms with E-state index in [1.807, 2.05) is 19.2 Å². The summed E-state index contributed by atoms with van der Waals surface area (Å²) in [5, 5.41) is 14.1. The maximum Gasteiger partial charge on any atom is 0.269 e. The molecule has 7 nitrogen and oxygen atoms in total. The number of rotatable bonds is 9. The molecule has 7 heteroatoms. The maximum atomic E-state index is 10.7. The molecular weight excluding hydrogens is 344 g/mol. The molecule has 2 rings (SSSR count). The smallest absolute Gasteiger partial charge is 0.269 e. The number of non-ortho nitro benzene ring substituents is 1. The first-order chi connectivity index (χ1) is 13.1. The van der Waals surface area contributed by atoms with Crippen LogP contribution in [-0.4, -0.2) is 56.2 Å². The zero-order valence-corrected chi connectivity index (χ0v) is 16.5. The normalized spacial score (nSPS) is 15.6. The number of aliphatic imine (C=N–C) groups is 1. The number of benzene rings is 1. The fraction of sp³-hybridized carbons (Fsp3) is 0.650. The third-order valence-corrected chi connectivity index (χ3v) is 5.11. The van der Waals surface area contributed by atoms with E-state index in [1.54, 1.807) is 12.1 Å². The molecule has 27 heavy (non-hydrogen) atoms. The molecule has 150 valence electrons. The molecule has 1 aromatic carbocycles. The number of nitro benzene ring substituents is 1. The minimum absolute atomic E-state index is 0.146. The maximum absolute atomic E-state index is 10.7. The Morgan fingerprint density at radius 2 is 2.00 bits per heavy atom. The lowest BCUT2D eigenvalue weighted by atomic mass is 9.96. The third kappa shape index (κ3) is 7.54. The van der Waals surface area contributed by atoms with Crippen molar-refractivity contribution >= 4 is 11.6 Å². The molecule has 1 saturated heterocycles. The Bertz CT molecular complexity index is 598. The van der Waals surface area contributed by atoms with Gasteiger partial charge in [0.15, 0.2) is 5.96 Å². The lowest BCUT2D eigenvalue weighted by Crippen LogP contribution is -2.40. The molecule has 0 radical (unpaired) electrons. The molecule has 1 fully saturated rings. The number of hydrogen-bond donors (Lipinski definition) is 1. The highest BCUT2D eigenvalue weighted by Crippen LogP contribution is 2.18. The standard InChI is InChI=1S/C20H32N4O3/c1-21-20(23(2)14-10-18-11-15-27-16-12-18)22-13-4-3-5-17-6-8-19(9-7-17)24(25)26/h6-9,18H,3-5,10-16H2,1-2H3,(H,21,22). The molecule has 1 heterocycles. The Morgan fingerprint density at radius 1 is 1.30 bits per heavy atom. The Kier molecular flexibility index (Phi) is 9.04. The molecule has 0 unspecified atom stereocenters. The second-order valence-corrected chi connectivity index (χ2v) is 7.12. The first kappa shape index (κ1) is 21.2. The Morgan fingerprint density at radius 3 is 2.63 bits per heavy atom. The summed E-state index contributed by atoms with van der Waals surface area (Å²) in [5.74, 6) is 1.71. The van der Waals surface area contributed by atoms with Crippen molar-refractivity contribution in [2.24, 2.45) is 10.9 Å². The summed E-state index contributed by atoms with van der Waals surface area (Å²) in [7, 11) is 3.91. The number of nitro groups is 1. The van der Waals surface area contributed by atoms with Crippen molar-refractivity contribution in [3.8, 4) is 0 Å². The van der Waals surface area contributed by atoms with E-state index in [2.05, 4.69) is 22.3 Å². The van der Waals surface area contributed by atoms with Crippen LogP contribution < -0.4 is 5.32 Å². The highest BCUT2D eigenvalue weighted by Gasteiger charge is 2.15. The van der Waals surface area contributed by atoms with Crippen molar-refractivity contribution in [1.82, 2.24) is 10.2 Å². The predicted octanol–water partition coefficient (Wildman–Crippen LogP) is 3.24. The van der Waals surface area contributed by atoms with Crippen LogP contribution in [0.1, 0.15) is 37.7 Å². The molecule has 0 saturated carbocycles. The van der Waals surface area contributed by atoms with Crippen molar-refractivity contribution < 1.29 is 9.66 Å². The van der Waals surface area contributed by atoms with Crippen LogP contribution in [0.25, 0.3) is 0 Å². The second kappa shape index (κ2) is 11.5. The van der Waals surface area contributed by atoms with E-state index in [-0.39, 0.29) is 10.6 Å². The number of nitrogens with one attached hydrogen (secondary N) is 1. The summed E-state index contributed by atoms with van der Waals surface area (Å²) in [6.07, 6.45) is 6.51. The molecule has 0 aromatic heterocycles. The van der Waals surface area contributed by atoms with Crippen molar-refractivity contribution in [1.29, 1.82) is 0 Å². The molecule has 0 bridgehead atoms. The molecule has 1 aliphatic rings. The number of guanidine groups is 1. The summed E-state index contributed by atoms with van der Waals surface area (Å²) in [6, 6.07) is 6.83. The van der Waals surface area contributed by atoms with Gasteiger partial charge in [0.25, 0.3) is 5.69 Å². The monoisotopic (exact) mass is 376 g/mol. The average Bonchev–Trinajstić information content (AvgIpc) is 2.70. The van der Waals surface area contributed by atoms with Crippen LogP contribution in [-0.2, 0) is 11.2 Å². The largest absolute Gasteiger partial charge is 0.381 e. The minimum atomic E-state index is -0.363. The Balaban J connectivity index is 1.61. The van der Waals surface area contributed by atoms with Crippen LogP contribution in [0.4, 0.5) is 5.69 Å². The predicted molar refractivity (Wildman–Crippen MR) is 108 cm³/mol. The van der Waals surface area contributed by atoms with Crippen LogP contribution in [0.5, 0.6) is 0 Å². The average molecular weight is 377 g/mol. The van der Waals surface area contributed by atoms with Gasteiger partial charge in [0.05, 0.1) is 4.92 Å². The van der Waals surface area contributed by atoms with Gasteiger partial charge in [-0.25, -0.2) is 0 Å². The summed E-state index contributed by atoms with van der Waals surface area (Å²) in [4.78, 5) is 16.9. The SMILES string of the molecule is CN=C(NCCCCc1ccc([N+](=O)[O-])cc1)N(C)CCC1CCOCC1. The number of hydrogen-bond acceptors (Lipinski definition) is 4. The van der Waals surface area contributed by atoms with E-state index in [0.29, 0.717) is 0 Å². The van der Waals surface area contributed by atoms with Crippen LogP contribution in [0.2, 0.25) is 0 Å². The Labute approximate surface area is 162 Å². The van der Waals surface area contributed by atoms with Gasteiger partial charge in [0.2, 0.25) is 0 Å². The van der Waals surface area contributed by atoms with Crippen molar-refractivity contribution in [2.45, 2.75) is 38.5 Å². The van der Waals surface area contributed by atoms with Gasteiger partial charge in [-0.15, -0.1) is 0 Å². The summed E-state index contributed by atoms with van der Waals surface area (Å²) >= 11 is 0. The van der Waals surface area contributed by atoms with Gasteiger partial charge in [-0.2, -0.15) is 0 Å². The first-order valence-corrected chi connectivity index (χ1v) is 9.83. The molecule has 0 atom stereocenters. The van der Waals surface area contributed by atoms with E-state index in [1.165, 1.54) is 19.3 Å². The zero-order chi connectivity index (χ0) is 19.5. The zero-order valence-electron chi connectivity index (χ0n) is 16.5. The third-order valence-electron chi connectivity index (χ3n) is 5.11. The molecule has 0 amide bonds. The van der Waals surface area contributed by atoms with Crippen molar-refractivity contribution in [2.75, 3.05) is 40.4 Å². The fourth-order valence-electron chi connectivity index (χ4n) is 3.34. The Hall–Kier alpha value is -2.15. The fourth-order valence-corrected chi connectivity index (χ4v) is 3.34. The van der Waals surface area contributed by atoms with Crippen LogP contribution >= 0.6 is 0 Å². The van der Waals surface area contributed by atoms with Gasteiger partial charge in [0, 0.05) is 52.5 Å². The van der Waals surface area contributed by atoms with Gasteiger partial charge in [-0.1, -0.05) is 12.1 Å². The van der Waals surface area contributed by atoms with E-state index in [9.17, 15) is 10.1 Å². The second-order valence-electron chi connectivity index (χ2n) is 7.12. The minimum Gasteiger partial charge on any atom is -0.381 e. The molecular formula is C20H32N4O3. The number of unbranched alkanes of at least 4 members (excludes halogenated alkanes) is 1. The molecule has 1 aliphatic heterocycles. The molecule has 0 aliphatic carbocycles. The molecule has 0 spiro atoms. The topological polar surface area (TPSA) is 80.0 Å². The van der Waals surface area contributed by atoms with Gasteiger partial charge in [0.1, 0.15) is 0 Å². The van der Waals surface area contributed by atoms with Gasteiger partial charge < -0.3 is 15.0 Å². The van der Waals surface area contributed by atoms with Crippen molar-refractivity contribution in [3.05, 3.63) is 39.9 Å². The quantitative estimate of drug-likeness (QED) is 0.235. The summed E-state index contributed by atoms with van der Waals surface area (Å²) in [6.45, 7) is 3.68. The number of ether oxygens (including phenoxy) is 1. The highest BCUT2D eigenvalue weighted by molar-refractivity contribution is 5.79. The summed E-state index contributed by atoms with van der Waals surface area (Å²) < 4.78 is 5.42. The lowest BCUT2D eigenvalue weighted by molar-refractivity contribution is -0.384. The van der Waals surface area contributed by atoms with Crippen LogP contribution in [0, 0.1) is 16.0 Å². The molecule has 1 aromatic rings. The molecule has 1 N–H and O–H groups in total. The van der Waals surface area contributed by atoms with E-state index in [4.69, 9.17) is 4.74 Å². The van der Waals surface area contributed by atoms with Crippen molar-refractivity contribution in [3.63, 3.8) is 0 Å². The number of aryl methyl sites for hydroxylation is 1. The highest BCUT2D eigenvalue weighted by atomic mass is 16.6. The number of nitrogens with zero attached hydrogens (tertiary/aromatic N) is 3.